The number of hydrogen-bond donors (Lipinski definition) is 1. The van der Waals surface area contributed by atoms with Gasteiger partial charge in [-0.3, -0.25) is 18.6 Å². The summed E-state index contributed by atoms with van der Waals surface area (Å²) in [5.41, 5.74) is 2.62. The third-order valence-corrected chi connectivity index (χ3v) is 6.33. The molecule has 32 heavy (non-hydrogen) atoms. The Hall–Kier alpha value is -3.13. The van der Waals surface area contributed by atoms with Gasteiger partial charge in [-0.2, -0.15) is 0 Å². The first kappa shape index (κ1) is 22.1. The third kappa shape index (κ3) is 4.27. The van der Waals surface area contributed by atoms with Crippen molar-refractivity contribution in [1.82, 2.24) is 19.2 Å². The molecular weight excluding hydrogens is 422 g/mol. The van der Waals surface area contributed by atoms with Gasteiger partial charge in [-0.25, -0.2) is 0 Å². The fourth-order valence-electron chi connectivity index (χ4n) is 3.78. The van der Waals surface area contributed by atoms with E-state index in [0.717, 1.165) is 29.6 Å². The van der Waals surface area contributed by atoms with Gasteiger partial charge in [0.15, 0.2) is 5.16 Å². The standard InChI is InChI=1S/C24H27N5O2S/c1-4-5-14-28-22(31)18-11-7-9-13-20(18)29-23(28)26-27-24(29)32-15-21(30)25-19-12-8-6-10-17(19)16(2)3/h6-13,16H,4-5,14-15H2,1-3H3,(H,25,30). The van der Waals surface area contributed by atoms with Crippen LogP contribution in [0.1, 0.15) is 45.1 Å². The number of hydrogen-bond acceptors (Lipinski definition) is 5. The molecule has 0 spiro atoms. The Labute approximate surface area is 190 Å². The van der Waals surface area contributed by atoms with Crippen LogP contribution in [0, 0.1) is 0 Å². The van der Waals surface area contributed by atoms with Crippen LogP contribution in [-0.2, 0) is 11.3 Å². The molecule has 2 aromatic carbocycles. The first-order chi connectivity index (χ1) is 15.5. The van der Waals surface area contributed by atoms with Crippen molar-refractivity contribution in [3.8, 4) is 0 Å². The zero-order valence-electron chi connectivity index (χ0n) is 18.5. The zero-order valence-corrected chi connectivity index (χ0v) is 19.4. The molecule has 0 atom stereocenters. The Morgan fingerprint density at radius 3 is 2.62 bits per heavy atom. The maximum atomic E-state index is 13.0. The molecule has 0 aliphatic heterocycles. The van der Waals surface area contributed by atoms with Gasteiger partial charge in [0.2, 0.25) is 11.7 Å². The minimum absolute atomic E-state index is 0.0615. The van der Waals surface area contributed by atoms with Crippen LogP contribution in [0.2, 0.25) is 0 Å². The molecule has 1 amide bonds. The highest BCUT2D eigenvalue weighted by molar-refractivity contribution is 7.99. The van der Waals surface area contributed by atoms with E-state index < -0.39 is 0 Å². The van der Waals surface area contributed by atoms with Gasteiger partial charge in [-0.1, -0.05) is 69.3 Å². The molecule has 0 saturated carbocycles. The summed E-state index contributed by atoms with van der Waals surface area (Å²) < 4.78 is 3.56. The average molecular weight is 450 g/mol. The van der Waals surface area contributed by atoms with Crippen LogP contribution in [0.4, 0.5) is 5.69 Å². The maximum Gasteiger partial charge on any atom is 0.262 e. The molecule has 0 aliphatic carbocycles. The molecule has 1 N–H and O–H groups in total. The SMILES string of the molecule is CCCCn1c(=O)c2ccccc2n2c(SCC(=O)Nc3ccccc3C(C)C)nnc12. The number of nitrogens with one attached hydrogen (secondary N) is 1. The van der Waals surface area contributed by atoms with E-state index >= 15 is 0 Å². The summed E-state index contributed by atoms with van der Waals surface area (Å²) in [6.07, 6.45) is 1.85. The zero-order chi connectivity index (χ0) is 22.7. The number of aryl methyl sites for hydroxylation is 1. The van der Waals surface area contributed by atoms with Crippen molar-refractivity contribution >= 4 is 40.0 Å². The van der Waals surface area contributed by atoms with E-state index in [1.54, 1.807) is 4.57 Å². The molecule has 4 aromatic rings. The van der Waals surface area contributed by atoms with Crippen molar-refractivity contribution in [2.24, 2.45) is 0 Å². The molecule has 0 bridgehead atoms. The first-order valence-electron chi connectivity index (χ1n) is 10.9. The summed E-state index contributed by atoms with van der Waals surface area (Å²) in [5.74, 6) is 0.903. The molecule has 0 unspecified atom stereocenters. The summed E-state index contributed by atoms with van der Waals surface area (Å²) >= 11 is 1.31. The lowest BCUT2D eigenvalue weighted by Gasteiger charge is -2.13. The van der Waals surface area contributed by atoms with Crippen molar-refractivity contribution in [2.75, 3.05) is 11.1 Å². The van der Waals surface area contributed by atoms with E-state index in [4.69, 9.17) is 0 Å². The molecule has 0 aliphatic rings. The van der Waals surface area contributed by atoms with Gasteiger partial charge in [-0.15, -0.1) is 10.2 Å². The fourth-order valence-corrected chi connectivity index (χ4v) is 4.52. The van der Waals surface area contributed by atoms with E-state index in [0.29, 0.717) is 28.8 Å². The summed E-state index contributed by atoms with van der Waals surface area (Å²) in [7, 11) is 0. The number of anilines is 1. The predicted molar refractivity (Wildman–Crippen MR) is 130 cm³/mol. The van der Waals surface area contributed by atoms with Crippen LogP contribution in [0.25, 0.3) is 16.7 Å². The van der Waals surface area contributed by atoms with Gasteiger partial charge in [0.1, 0.15) is 0 Å². The van der Waals surface area contributed by atoms with Crippen molar-refractivity contribution in [2.45, 2.75) is 51.2 Å². The lowest BCUT2D eigenvalue weighted by Crippen LogP contribution is -2.23. The summed E-state index contributed by atoms with van der Waals surface area (Å²) in [6, 6.07) is 15.3. The molecule has 166 valence electrons. The number of carbonyl (C=O) groups is 1. The molecule has 7 nitrogen and oxygen atoms in total. The minimum atomic E-state index is -0.108. The van der Waals surface area contributed by atoms with Crippen LogP contribution in [0.5, 0.6) is 0 Å². The molecule has 4 rings (SSSR count). The van der Waals surface area contributed by atoms with Gasteiger partial charge in [0.25, 0.3) is 5.56 Å². The van der Waals surface area contributed by atoms with Crippen LogP contribution < -0.4 is 10.9 Å². The number of rotatable bonds is 8. The summed E-state index contributed by atoms with van der Waals surface area (Å²) in [6.45, 7) is 6.87. The number of fused-ring (bicyclic) bond motifs is 3. The average Bonchev–Trinajstić information content (AvgIpc) is 3.22. The minimum Gasteiger partial charge on any atom is -0.325 e. The largest absolute Gasteiger partial charge is 0.325 e. The van der Waals surface area contributed by atoms with Crippen molar-refractivity contribution < 1.29 is 4.79 Å². The highest BCUT2D eigenvalue weighted by Crippen LogP contribution is 2.25. The number of benzene rings is 2. The summed E-state index contributed by atoms with van der Waals surface area (Å²) in [5, 5.41) is 12.8. The first-order valence-corrected chi connectivity index (χ1v) is 11.9. The van der Waals surface area contributed by atoms with Gasteiger partial charge in [0, 0.05) is 12.2 Å². The second kappa shape index (κ2) is 9.56. The highest BCUT2D eigenvalue weighted by atomic mass is 32.2. The molecule has 0 saturated heterocycles. The van der Waals surface area contributed by atoms with Crippen molar-refractivity contribution in [1.29, 1.82) is 0 Å². The van der Waals surface area contributed by atoms with E-state index in [1.165, 1.54) is 11.8 Å². The molecule has 8 heteroatoms. The number of thioether (sulfide) groups is 1. The van der Waals surface area contributed by atoms with Crippen LogP contribution >= 0.6 is 11.8 Å². The van der Waals surface area contributed by atoms with E-state index in [9.17, 15) is 9.59 Å². The van der Waals surface area contributed by atoms with Crippen molar-refractivity contribution in [3.05, 3.63) is 64.4 Å². The Morgan fingerprint density at radius 1 is 1.09 bits per heavy atom. The Kier molecular flexibility index (Phi) is 6.60. The fraction of sp³-hybridized carbons (Fsp3) is 0.333. The van der Waals surface area contributed by atoms with Crippen LogP contribution in [-0.4, -0.2) is 30.8 Å². The topological polar surface area (TPSA) is 81.3 Å². The monoisotopic (exact) mass is 449 g/mol. The predicted octanol–water partition coefficient (Wildman–Crippen LogP) is 4.70. The third-order valence-electron chi connectivity index (χ3n) is 5.40. The number of amides is 1. The molecule has 0 fully saturated rings. The van der Waals surface area contributed by atoms with Gasteiger partial charge in [-0.05, 0) is 36.1 Å². The van der Waals surface area contributed by atoms with Gasteiger partial charge < -0.3 is 5.32 Å². The van der Waals surface area contributed by atoms with Gasteiger partial charge >= 0.3 is 0 Å². The molecule has 2 aromatic heterocycles. The van der Waals surface area contributed by atoms with E-state index in [1.807, 2.05) is 52.9 Å². The quantitative estimate of drug-likeness (QED) is 0.394. The van der Waals surface area contributed by atoms with E-state index in [2.05, 4.69) is 36.3 Å². The smallest absolute Gasteiger partial charge is 0.262 e. The van der Waals surface area contributed by atoms with Crippen LogP contribution in [0.15, 0.2) is 58.5 Å². The lowest BCUT2D eigenvalue weighted by atomic mass is 10.0. The lowest BCUT2D eigenvalue weighted by molar-refractivity contribution is -0.113. The second-order valence-electron chi connectivity index (χ2n) is 8.02. The number of nitrogens with zero attached hydrogens (tertiary/aromatic N) is 4. The Balaban J connectivity index is 1.64. The number of para-hydroxylation sites is 2. The van der Waals surface area contributed by atoms with Crippen LogP contribution in [0.3, 0.4) is 0 Å². The Morgan fingerprint density at radius 2 is 1.84 bits per heavy atom. The van der Waals surface area contributed by atoms with Gasteiger partial charge in [0.05, 0.1) is 16.7 Å². The van der Waals surface area contributed by atoms with E-state index in [-0.39, 0.29) is 17.2 Å². The molecule has 0 radical (unpaired) electrons. The normalized spacial score (nSPS) is 11.5. The Bertz CT molecular complexity index is 1330. The number of aromatic nitrogens is 4. The maximum absolute atomic E-state index is 13.0. The number of unbranched alkanes of at least 4 members (excludes halogenated alkanes) is 1. The summed E-state index contributed by atoms with van der Waals surface area (Å²) in [4.78, 5) is 25.7. The highest BCUT2D eigenvalue weighted by Gasteiger charge is 2.18. The molecular formula is C24H27N5O2S. The van der Waals surface area contributed by atoms with Crippen molar-refractivity contribution in [3.63, 3.8) is 0 Å². The number of carbonyl (C=O) groups excluding carboxylic acids is 1. The molecule has 2 heterocycles. The second-order valence-corrected chi connectivity index (χ2v) is 8.97.